The molecule has 144 valence electrons. The predicted octanol–water partition coefficient (Wildman–Crippen LogP) is 1.54. The summed E-state index contributed by atoms with van der Waals surface area (Å²) in [6, 6.07) is 5.18. The van der Waals surface area contributed by atoms with Crippen molar-refractivity contribution >= 4 is 15.8 Å². The Balaban J connectivity index is 1.79. The number of anilines is 1. The zero-order chi connectivity index (χ0) is 19.1. The number of aliphatic hydroxyl groups is 1. The molecule has 0 amide bonds. The van der Waals surface area contributed by atoms with Gasteiger partial charge in [0.1, 0.15) is 12.9 Å². The minimum Gasteiger partial charge on any atom is -0.475 e. The Hall–Kier alpha value is -2.59. The van der Waals surface area contributed by atoms with Crippen molar-refractivity contribution in [1.29, 1.82) is 0 Å². The lowest BCUT2D eigenvalue weighted by molar-refractivity contribution is 0.174. The van der Waals surface area contributed by atoms with E-state index in [0.717, 1.165) is 0 Å². The number of benzene rings is 1. The first-order valence-electron chi connectivity index (χ1n) is 8.44. The molecule has 1 aromatic heterocycles. The lowest BCUT2D eigenvalue weighted by Gasteiger charge is -2.17. The van der Waals surface area contributed by atoms with Crippen LogP contribution in [0.4, 0.5) is 5.82 Å². The maximum absolute atomic E-state index is 12.7. The van der Waals surface area contributed by atoms with E-state index >= 15 is 0 Å². The molecule has 4 rings (SSSR count). The normalized spacial score (nSPS) is 16.8. The third kappa shape index (κ3) is 3.26. The molecule has 9 nitrogen and oxygen atoms in total. The topological polar surface area (TPSA) is 120 Å². The number of nitrogens with zero attached hydrogens (tertiary/aromatic N) is 2. The fraction of sp³-hybridized carbons (Fsp3) is 0.412. The summed E-state index contributed by atoms with van der Waals surface area (Å²) in [6.45, 7) is 1.62. The van der Waals surface area contributed by atoms with Gasteiger partial charge in [0.05, 0.1) is 16.9 Å². The highest BCUT2D eigenvalue weighted by Gasteiger charge is 2.50. The Morgan fingerprint density at radius 2 is 2.04 bits per heavy atom. The van der Waals surface area contributed by atoms with Gasteiger partial charge in [0.2, 0.25) is 22.7 Å². The Morgan fingerprint density at radius 1 is 1.26 bits per heavy atom. The fourth-order valence-corrected chi connectivity index (χ4v) is 4.00. The maximum Gasteiger partial charge on any atom is 0.239 e. The molecule has 0 atom stereocenters. The van der Waals surface area contributed by atoms with Gasteiger partial charge >= 0.3 is 0 Å². The molecule has 2 aromatic rings. The largest absolute Gasteiger partial charge is 0.475 e. The summed E-state index contributed by atoms with van der Waals surface area (Å²) in [5.41, 5.74) is 0.975. The van der Waals surface area contributed by atoms with Crippen LogP contribution in [0.25, 0.3) is 11.1 Å². The minimum atomic E-state index is -3.62. The first-order valence-corrected chi connectivity index (χ1v) is 9.93. The standard InChI is InChI=1S/C17H19N3O6S/c1-17(4-5-17)27(22,23)20-15-14(16(19-9-18-15)24-7-6-21)11-2-3-12-13(8-11)26-10-25-12/h2-3,8-9,21H,4-7,10H2,1H3,(H,18,19,20). The molecule has 1 fully saturated rings. The third-order valence-corrected chi connectivity index (χ3v) is 6.81. The number of fused-ring (bicyclic) bond motifs is 1. The van der Waals surface area contributed by atoms with Crippen molar-refractivity contribution in [3.8, 4) is 28.5 Å². The molecule has 2 heterocycles. The lowest BCUT2D eigenvalue weighted by Crippen LogP contribution is -2.27. The molecule has 10 heteroatoms. The molecule has 0 saturated heterocycles. The van der Waals surface area contributed by atoms with Crippen LogP contribution in [0.15, 0.2) is 24.5 Å². The van der Waals surface area contributed by atoms with Crippen LogP contribution in [0, 0.1) is 0 Å². The van der Waals surface area contributed by atoms with Gasteiger partial charge in [-0.2, -0.15) is 0 Å². The summed E-state index contributed by atoms with van der Waals surface area (Å²) in [5.74, 6) is 1.41. The van der Waals surface area contributed by atoms with E-state index in [1.54, 1.807) is 25.1 Å². The second-order valence-electron chi connectivity index (χ2n) is 6.60. The van der Waals surface area contributed by atoms with Crippen LogP contribution in [0.1, 0.15) is 19.8 Å². The van der Waals surface area contributed by atoms with Crippen LogP contribution in [0.2, 0.25) is 0 Å². The summed E-state index contributed by atoms with van der Waals surface area (Å²) in [5, 5.41) is 9.07. The van der Waals surface area contributed by atoms with Crippen molar-refractivity contribution < 1.29 is 27.7 Å². The number of rotatable bonds is 7. The maximum atomic E-state index is 12.7. The van der Waals surface area contributed by atoms with Crippen LogP contribution in [0.5, 0.6) is 17.4 Å². The van der Waals surface area contributed by atoms with Crippen LogP contribution >= 0.6 is 0 Å². The summed E-state index contributed by atoms with van der Waals surface area (Å²) >= 11 is 0. The highest BCUT2D eigenvalue weighted by molar-refractivity contribution is 7.94. The van der Waals surface area contributed by atoms with Crippen LogP contribution < -0.4 is 18.9 Å². The minimum absolute atomic E-state index is 0.0124. The first-order chi connectivity index (χ1) is 12.9. The van der Waals surface area contributed by atoms with E-state index in [0.29, 0.717) is 35.5 Å². The van der Waals surface area contributed by atoms with E-state index in [-0.39, 0.29) is 31.7 Å². The molecule has 2 N–H and O–H groups in total. The number of hydrogen-bond acceptors (Lipinski definition) is 8. The van der Waals surface area contributed by atoms with Gasteiger partial charge in [-0.05, 0) is 37.5 Å². The van der Waals surface area contributed by atoms with E-state index in [4.69, 9.17) is 19.3 Å². The van der Waals surface area contributed by atoms with Gasteiger partial charge < -0.3 is 19.3 Å². The van der Waals surface area contributed by atoms with Gasteiger partial charge in [-0.3, -0.25) is 4.72 Å². The molecule has 1 aliphatic carbocycles. The number of sulfonamides is 1. The molecule has 1 aromatic carbocycles. The van der Waals surface area contributed by atoms with Gasteiger partial charge in [-0.1, -0.05) is 6.07 Å². The van der Waals surface area contributed by atoms with E-state index in [9.17, 15) is 8.42 Å². The fourth-order valence-electron chi connectivity index (χ4n) is 2.71. The zero-order valence-corrected chi connectivity index (χ0v) is 15.5. The third-order valence-electron chi connectivity index (χ3n) is 4.64. The van der Waals surface area contributed by atoms with Crippen molar-refractivity contribution in [3.05, 3.63) is 24.5 Å². The van der Waals surface area contributed by atoms with Gasteiger partial charge in [0.15, 0.2) is 17.3 Å². The lowest BCUT2D eigenvalue weighted by atomic mass is 10.1. The van der Waals surface area contributed by atoms with E-state index in [2.05, 4.69) is 14.7 Å². The van der Waals surface area contributed by atoms with E-state index < -0.39 is 14.8 Å². The van der Waals surface area contributed by atoms with Crippen molar-refractivity contribution in [2.24, 2.45) is 0 Å². The highest BCUT2D eigenvalue weighted by Crippen LogP contribution is 2.45. The number of hydrogen-bond donors (Lipinski definition) is 2. The Morgan fingerprint density at radius 3 is 2.78 bits per heavy atom. The van der Waals surface area contributed by atoms with E-state index in [1.165, 1.54) is 6.33 Å². The number of aliphatic hydroxyl groups excluding tert-OH is 1. The SMILES string of the molecule is CC1(S(=O)(=O)Nc2ncnc(OCCO)c2-c2ccc3c(c2)OCO3)CC1. The first kappa shape index (κ1) is 17.8. The summed E-state index contributed by atoms with van der Waals surface area (Å²) in [7, 11) is -3.62. The molecule has 1 saturated carbocycles. The number of aromatic nitrogens is 2. The van der Waals surface area contributed by atoms with Crippen molar-refractivity contribution in [2.75, 3.05) is 24.7 Å². The summed E-state index contributed by atoms with van der Waals surface area (Å²) in [6.07, 6.45) is 2.41. The second-order valence-corrected chi connectivity index (χ2v) is 8.79. The van der Waals surface area contributed by atoms with Gasteiger partial charge in [0, 0.05) is 0 Å². The second kappa shape index (κ2) is 6.54. The zero-order valence-electron chi connectivity index (χ0n) is 14.6. The molecule has 0 unspecified atom stereocenters. The van der Waals surface area contributed by atoms with Gasteiger partial charge in [-0.25, -0.2) is 18.4 Å². The Labute approximate surface area is 156 Å². The van der Waals surface area contributed by atoms with Gasteiger partial charge in [-0.15, -0.1) is 0 Å². The van der Waals surface area contributed by atoms with E-state index in [1.807, 2.05) is 0 Å². The Bertz CT molecular complexity index is 975. The quantitative estimate of drug-likeness (QED) is 0.727. The molecular formula is C17H19N3O6S. The van der Waals surface area contributed by atoms with Crippen LogP contribution in [0.3, 0.4) is 0 Å². The smallest absolute Gasteiger partial charge is 0.239 e. The Kier molecular flexibility index (Phi) is 4.31. The van der Waals surface area contributed by atoms with Gasteiger partial charge in [0.25, 0.3) is 0 Å². The molecule has 0 radical (unpaired) electrons. The summed E-state index contributed by atoms with van der Waals surface area (Å²) < 4.78 is 43.4. The number of nitrogens with one attached hydrogen (secondary N) is 1. The van der Waals surface area contributed by atoms with Crippen molar-refractivity contribution in [2.45, 2.75) is 24.5 Å². The molecule has 1 aliphatic heterocycles. The summed E-state index contributed by atoms with van der Waals surface area (Å²) in [4.78, 5) is 8.23. The molecule has 0 spiro atoms. The number of ether oxygens (including phenoxy) is 3. The highest BCUT2D eigenvalue weighted by atomic mass is 32.2. The van der Waals surface area contributed by atoms with Crippen molar-refractivity contribution in [3.63, 3.8) is 0 Å². The predicted molar refractivity (Wildman–Crippen MR) is 96.4 cm³/mol. The monoisotopic (exact) mass is 393 g/mol. The molecule has 27 heavy (non-hydrogen) atoms. The molecule has 0 bridgehead atoms. The molecule has 2 aliphatic rings. The van der Waals surface area contributed by atoms with Crippen LogP contribution in [-0.2, 0) is 10.0 Å². The average Bonchev–Trinajstić information content (AvgIpc) is 3.24. The average molecular weight is 393 g/mol. The van der Waals surface area contributed by atoms with Crippen LogP contribution in [-0.4, -0.2) is 48.2 Å². The molecular weight excluding hydrogens is 374 g/mol. The van der Waals surface area contributed by atoms with Crippen molar-refractivity contribution in [1.82, 2.24) is 9.97 Å².